The smallest absolute Gasteiger partial charge is 0.339 e. The monoisotopic (exact) mass is 346 g/mol. The number of pyridine rings is 1. The number of piperazine rings is 1. The SMILES string of the molecule is CCOC(=O)c1ccc(C(=O)N2CCC(N3CCNCC3)C2)nc1C. The van der Waals surface area contributed by atoms with Crippen LogP contribution in [0, 0.1) is 6.92 Å². The maximum Gasteiger partial charge on any atom is 0.339 e. The summed E-state index contributed by atoms with van der Waals surface area (Å²) in [6.45, 7) is 9.43. The third-order valence-electron chi connectivity index (χ3n) is 4.92. The van der Waals surface area contributed by atoms with E-state index in [4.69, 9.17) is 4.74 Å². The van der Waals surface area contributed by atoms with E-state index in [9.17, 15) is 9.59 Å². The van der Waals surface area contributed by atoms with Crippen LogP contribution in [0.4, 0.5) is 0 Å². The van der Waals surface area contributed by atoms with Gasteiger partial charge in [0.1, 0.15) is 5.69 Å². The zero-order valence-corrected chi connectivity index (χ0v) is 15.0. The van der Waals surface area contributed by atoms with Gasteiger partial charge < -0.3 is 15.0 Å². The minimum Gasteiger partial charge on any atom is -0.462 e. The van der Waals surface area contributed by atoms with Crippen LogP contribution < -0.4 is 5.32 Å². The number of nitrogens with zero attached hydrogens (tertiary/aromatic N) is 3. The van der Waals surface area contributed by atoms with Gasteiger partial charge in [0, 0.05) is 45.3 Å². The van der Waals surface area contributed by atoms with Crippen LogP contribution in [0.2, 0.25) is 0 Å². The number of amides is 1. The van der Waals surface area contributed by atoms with Crippen LogP contribution >= 0.6 is 0 Å². The average molecular weight is 346 g/mol. The van der Waals surface area contributed by atoms with Crippen molar-refractivity contribution in [2.75, 3.05) is 45.9 Å². The predicted octanol–water partition coefficient (Wildman–Crippen LogP) is 0.686. The zero-order valence-electron chi connectivity index (χ0n) is 15.0. The summed E-state index contributed by atoms with van der Waals surface area (Å²) in [5.41, 5.74) is 1.34. The fourth-order valence-corrected chi connectivity index (χ4v) is 3.54. The Bertz CT molecular complexity index is 643. The van der Waals surface area contributed by atoms with Gasteiger partial charge in [-0.3, -0.25) is 9.69 Å². The highest BCUT2D eigenvalue weighted by molar-refractivity contribution is 5.95. The van der Waals surface area contributed by atoms with Crippen LogP contribution in [0.25, 0.3) is 0 Å². The van der Waals surface area contributed by atoms with Gasteiger partial charge in [0.05, 0.1) is 17.9 Å². The molecule has 2 saturated heterocycles. The third-order valence-corrected chi connectivity index (χ3v) is 4.92. The molecular formula is C18H26N4O3. The lowest BCUT2D eigenvalue weighted by Gasteiger charge is -2.32. The molecule has 0 aliphatic carbocycles. The number of hydrogen-bond donors (Lipinski definition) is 1. The molecule has 25 heavy (non-hydrogen) atoms. The summed E-state index contributed by atoms with van der Waals surface area (Å²) >= 11 is 0. The molecule has 0 spiro atoms. The molecule has 0 bridgehead atoms. The van der Waals surface area contributed by atoms with Crippen molar-refractivity contribution in [3.8, 4) is 0 Å². The minimum atomic E-state index is -0.397. The van der Waals surface area contributed by atoms with Crippen molar-refractivity contribution in [1.82, 2.24) is 20.1 Å². The molecule has 1 N–H and O–H groups in total. The van der Waals surface area contributed by atoms with E-state index in [1.54, 1.807) is 26.0 Å². The normalized spacial score (nSPS) is 21.4. The molecule has 2 aliphatic heterocycles. The largest absolute Gasteiger partial charge is 0.462 e. The molecule has 0 radical (unpaired) electrons. The van der Waals surface area contributed by atoms with Crippen LogP contribution in [-0.4, -0.2) is 78.6 Å². The molecule has 0 aromatic carbocycles. The Kier molecular flexibility index (Phi) is 5.65. The van der Waals surface area contributed by atoms with Gasteiger partial charge in [0.25, 0.3) is 5.91 Å². The number of aryl methyl sites for hydroxylation is 1. The Morgan fingerprint density at radius 1 is 1.28 bits per heavy atom. The lowest BCUT2D eigenvalue weighted by Crippen LogP contribution is -2.49. The van der Waals surface area contributed by atoms with Crippen LogP contribution in [0.15, 0.2) is 12.1 Å². The van der Waals surface area contributed by atoms with Crippen molar-refractivity contribution in [2.24, 2.45) is 0 Å². The highest BCUT2D eigenvalue weighted by Gasteiger charge is 2.32. The first kappa shape index (κ1) is 17.8. The number of rotatable bonds is 4. The van der Waals surface area contributed by atoms with Gasteiger partial charge in [0.15, 0.2) is 0 Å². The number of carbonyl (C=O) groups excluding carboxylic acids is 2. The van der Waals surface area contributed by atoms with Crippen molar-refractivity contribution >= 4 is 11.9 Å². The van der Waals surface area contributed by atoms with Crippen LogP contribution in [-0.2, 0) is 4.74 Å². The number of ether oxygens (including phenoxy) is 1. The molecule has 7 heteroatoms. The summed E-state index contributed by atoms with van der Waals surface area (Å²) in [6.07, 6.45) is 1.01. The van der Waals surface area contributed by atoms with Crippen LogP contribution in [0.5, 0.6) is 0 Å². The van der Waals surface area contributed by atoms with Crippen LogP contribution in [0.3, 0.4) is 0 Å². The number of likely N-dealkylation sites (tertiary alicyclic amines) is 1. The highest BCUT2D eigenvalue weighted by atomic mass is 16.5. The van der Waals surface area contributed by atoms with Gasteiger partial charge in [0.2, 0.25) is 0 Å². The summed E-state index contributed by atoms with van der Waals surface area (Å²) in [4.78, 5) is 33.3. The summed E-state index contributed by atoms with van der Waals surface area (Å²) in [5.74, 6) is -0.456. The molecule has 2 aliphatic rings. The van der Waals surface area contributed by atoms with E-state index in [0.717, 1.165) is 45.7 Å². The number of esters is 1. The first-order chi connectivity index (χ1) is 12.1. The quantitative estimate of drug-likeness (QED) is 0.809. The second-order valence-electron chi connectivity index (χ2n) is 6.53. The standard InChI is InChI=1S/C18H26N4O3/c1-3-25-18(24)15-4-5-16(20-13(15)2)17(23)22-9-6-14(12-22)21-10-7-19-8-11-21/h4-5,14,19H,3,6-12H2,1-2H3. The maximum atomic E-state index is 12.8. The topological polar surface area (TPSA) is 74.8 Å². The Labute approximate surface area is 148 Å². The summed E-state index contributed by atoms with van der Waals surface area (Å²) in [7, 11) is 0. The van der Waals surface area contributed by atoms with E-state index in [1.807, 2.05) is 4.90 Å². The molecule has 2 fully saturated rings. The van der Waals surface area contributed by atoms with E-state index in [0.29, 0.717) is 29.6 Å². The van der Waals surface area contributed by atoms with E-state index in [1.165, 1.54) is 0 Å². The molecule has 1 aromatic heterocycles. The first-order valence-corrected chi connectivity index (χ1v) is 8.99. The molecule has 1 unspecified atom stereocenters. The first-order valence-electron chi connectivity index (χ1n) is 8.99. The van der Waals surface area contributed by atoms with E-state index >= 15 is 0 Å². The lowest BCUT2D eigenvalue weighted by atomic mass is 10.1. The van der Waals surface area contributed by atoms with Crippen molar-refractivity contribution in [2.45, 2.75) is 26.3 Å². The van der Waals surface area contributed by atoms with Gasteiger partial charge in [-0.05, 0) is 32.4 Å². The van der Waals surface area contributed by atoms with Gasteiger partial charge in [-0.2, -0.15) is 0 Å². The molecular weight excluding hydrogens is 320 g/mol. The molecule has 1 aromatic rings. The Balaban J connectivity index is 1.65. The molecule has 3 rings (SSSR count). The van der Waals surface area contributed by atoms with Gasteiger partial charge in [-0.1, -0.05) is 0 Å². The molecule has 7 nitrogen and oxygen atoms in total. The number of carbonyl (C=O) groups is 2. The fraction of sp³-hybridized carbons (Fsp3) is 0.611. The molecule has 136 valence electrons. The van der Waals surface area contributed by atoms with Crippen molar-refractivity contribution in [1.29, 1.82) is 0 Å². The fourth-order valence-electron chi connectivity index (χ4n) is 3.54. The highest BCUT2D eigenvalue weighted by Crippen LogP contribution is 2.19. The Hall–Kier alpha value is -1.99. The van der Waals surface area contributed by atoms with Gasteiger partial charge in [-0.25, -0.2) is 9.78 Å². The predicted molar refractivity (Wildman–Crippen MR) is 93.7 cm³/mol. The van der Waals surface area contributed by atoms with E-state index in [-0.39, 0.29) is 5.91 Å². The second kappa shape index (κ2) is 7.93. The third kappa shape index (κ3) is 3.99. The minimum absolute atomic E-state index is 0.0591. The van der Waals surface area contributed by atoms with Crippen LogP contribution in [0.1, 0.15) is 39.9 Å². The number of nitrogens with one attached hydrogen (secondary N) is 1. The van der Waals surface area contributed by atoms with Crippen molar-refractivity contribution in [3.63, 3.8) is 0 Å². The Morgan fingerprint density at radius 2 is 2.04 bits per heavy atom. The lowest BCUT2D eigenvalue weighted by molar-refractivity contribution is 0.0524. The summed E-state index contributed by atoms with van der Waals surface area (Å²) in [5, 5.41) is 3.36. The number of hydrogen-bond acceptors (Lipinski definition) is 6. The maximum absolute atomic E-state index is 12.8. The molecule has 0 saturated carbocycles. The van der Waals surface area contributed by atoms with Gasteiger partial charge in [-0.15, -0.1) is 0 Å². The van der Waals surface area contributed by atoms with E-state index < -0.39 is 5.97 Å². The average Bonchev–Trinajstić information content (AvgIpc) is 3.12. The summed E-state index contributed by atoms with van der Waals surface area (Å²) in [6, 6.07) is 3.70. The van der Waals surface area contributed by atoms with Crippen molar-refractivity contribution in [3.05, 3.63) is 29.1 Å². The number of aromatic nitrogens is 1. The van der Waals surface area contributed by atoms with Gasteiger partial charge >= 0.3 is 5.97 Å². The summed E-state index contributed by atoms with van der Waals surface area (Å²) < 4.78 is 5.01. The second-order valence-corrected chi connectivity index (χ2v) is 6.53. The molecule has 1 amide bonds. The Morgan fingerprint density at radius 3 is 2.72 bits per heavy atom. The van der Waals surface area contributed by atoms with Crippen molar-refractivity contribution < 1.29 is 14.3 Å². The zero-order chi connectivity index (χ0) is 17.8. The molecule has 1 atom stereocenters. The molecule has 3 heterocycles. The van der Waals surface area contributed by atoms with E-state index in [2.05, 4.69) is 15.2 Å².